The molecule has 0 aliphatic carbocycles. The summed E-state index contributed by atoms with van der Waals surface area (Å²) < 4.78 is 26.4. The number of aliphatic hydroxyl groups is 1. The van der Waals surface area contributed by atoms with Crippen LogP contribution in [0.5, 0.6) is 0 Å². The van der Waals surface area contributed by atoms with Crippen molar-refractivity contribution in [2.75, 3.05) is 13.3 Å². The predicted octanol–water partition coefficient (Wildman–Crippen LogP) is 2.05. The zero-order valence-corrected chi connectivity index (χ0v) is 8.29. The van der Waals surface area contributed by atoms with E-state index < -0.39 is 11.6 Å². The van der Waals surface area contributed by atoms with E-state index in [4.69, 9.17) is 5.11 Å². The van der Waals surface area contributed by atoms with Gasteiger partial charge in [-0.15, -0.1) is 0 Å². The summed E-state index contributed by atoms with van der Waals surface area (Å²) in [6, 6.07) is 3.27. The molecule has 15 heavy (non-hydrogen) atoms. The Morgan fingerprint density at radius 3 is 2.93 bits per heavy atom. The molecule has 1 fully saturated rings. The van der Waals surface area contributed by atoms with Crippen LogP contribution in [0.2, 0.25) is 0 Å². The van der Waals surface area contributed by atoms with Crippen LogP contribution >= 0.6 is 0 Å². The van der Waals surface area contributed by atoms with Gasteiger partial charge in [0.05, 0.1) is 6.73 Å². The van der Waals surface area contributed by atoms with E-state index in [0.29, 0.717) is 5.56 Å². The third kappa shape index (κ3) is 2.01. The number of hydrogen-bond donors (Lipinski definition) is 1. The van der Waals surface area contributed by atoms with Crippen molar-refractivity contribution in [3.05, 3.63) is 35.4 Å². The van der Waals surface area contributed by atoms with Gasteiger partial charge in [-0.2, -0.15) is 0 Å². The molecule has 1 heterocycles. The summed E-state index contributed by atoms with van der Waals surface area (Å²) >= 11 is 0. The second kappa shape index (κ2) is 4.24. The molecular formula is C11H13F2NO. The van der Waals surface area contributed by atoms with E-state index in [2.05, 4.69) is 0 Å². The van der Waals surface area contributed by atoms with Crippen LogP contribution < -0.4 is 0 Å². The number of nitrogens with zero attached hydrogens (tertiary/aromatic N) is 1. The van der Waals surface area contributed by atoms with Crippen LogP contribution in [0.3, 0.4) is 0 Å². The predicted molar refractivity (Wildman–Crippen MR) is 52.1 cm³/mol. The van der Waals surface area contributed by atoms with E-state index in [1.807, 2.05) is 0 Å². The molecule has 82 valence electrons. The lowest BCUT2D eigenvalue weighted by molar-refractivity contribution is 0.0949. The van der Waals surface area contributed by atoms with Crippen LogP contribution in [0.4, 0.5) is 8.78 Å². The molecule has 0 aromatic heterocycles. The van der Waals surface area contributed by atoms with Crippen LogP contribution in [0.1, 0.15) is 24.4 Å². The minimum atomic E-state index is -0.434. The Morgan fingerprint density at radius 1 is 1.40 bits per heavy atom. The molecule has 4 heteroatoms. The molecule has 1 aliphatic rings. The van der Waals surface area contributed by atoms with E-state index >= 15 is 0 Å². The van der Waals surface area contributed by atoms with Crippen molar-refractivity contribution >= 4 is 0 Å². The number of hydrogen-bond acceptors (Lipinski definition) is 2. The first-order valence-corrected chi connectivity index (χ1v) is 5.02. The zero-order valence-electron chi connectivity index (χ0n) is 8.29. The van der Waals surface area contributed by atoms with Crippen molar-refractivity contribution in [2.45, 2.75) is 18.9 Å². The number of aliphatic hydroxyl groups excluding tert-OH is 1. The fraction of sp³-hybridized carbons (Fsp3) is 0.455. The Hall–Kier alpha value is -1.00. The minimum absolute atomic E-state index is 0.110. The maximum atomic E-state index is 13.5. The highest BCUT2D eigenvalue weighted by molar-refractivity contribution is 5.23. The first-order chi connectivity index (χ1) is 7.22. The summed E-state index contributed by atoms with van der Waals surface area (Å²) in [5.41, 5.74) is 0.349. The highest BCUT2D eigenvalue weighted by atomic mass is 19.1. The van der Waals surface area contributed by atoms with Crippen LogP contribution in [-0.2, 0) is 0 Å². The molecule has 1 atom stereocenters. The molecule has 1 aromatic rings. The summed E-state index contributed by atoms with van der Waals surface area (Å²) in [5, 5.41) is 9.07. The van der Waals surface area contributed by atoms with Gasteiger partial charge in [0.25, 0.3) is 0 Å². The zero-order chi connectivity index (χ0) is 10.8. The van der Waals surface area contributed by atoms with Crippen molar-refractivity contribution in [3.63, 3.8) is 0 Å². The quantitative estimate of drug-likeness (QED) is 0.812. The highest BCUT2D eigenvalue weighted by Gasteiger charge is 2.27. The monoisotopic (exact) mass is 213 g/mol. The van der Waals surface area contributed by atoms with Gasteiger partial charge < -0.3 is 5.11 Å². The third-order valence-corrected chi connectivity index (χ3v) is 2.86. The van der Waals surface area contributed by atoms with E-state index in [1.54, 1.807) is 4.90 Å². The van der Waals surface area contributed by atoms with E-state index in [-0.39, 0.29) is 12.8 Å². The smallest absolute Gasteiger partial charge is 0.128 e. The molecule has 1 N–H and O–H groups in total. The lowest BCUT2D eigenvalue weighted by atomic mass is 10.0. The van der Waals surface area contributed by atoms with Gasteiger partial charge in [0.1, 0.15) is 11.6 Å². The molecule has 1 aromatic carbocycles. The van der Waals surface area contributed by atoms with Gasteiger partial charge >= 0.3 is 0 Å². The standard InChI is InChI=1S/C11H13F2NO/c12-8-3-4-10(13)9(6-8)11-2-1-5-14(11)7-15/h3-4,6,11,15H,1-2,5,7H2. The molecule has 1 unspecified atom stereocenters. The largest absolute Gasteiger partial charge is 0.381 e. The Kier molecular flexibility index (Phi) is 2.98. The molecule has 2 rings (SSSR count). The molecule has 1 aliphatic heterocycles. The minimum Gasteiger partial charge on any atom is -0.381 e. The molecule has 0 saturated carbocycles. The van der Waals surface area contributed by atoms with Gasteiger partial charge in [0.15, 0.2) is 0 Å². The summed E-state index contributed by atoms with van der Waals surface area (Å²) in [6.45, 7) is 0.623. The summed E-state index contributed by atoms with van der Waals surface area (Å²) in [7, 11) is 0. The van der Waals surface area contributed by atoms with E-state index in [1.165, 1.54) is 6.07 Å². The van der Waals surface area contributed by atoms with Gasteiger partial charge in [-0.05, 0) is 31.0 Å². The summed E-state index contributed by atoms with van der Waals surface area (Å²) in [5.74, 6) is -0.835. The number of rotatable bonds is 2. The molecule has 2 nitrogen and oxygen atoms in total. The van der Waals surface area contributed by atoms with Crippen molar-refractivity contribution < 1.29 is 13.9 Å². The molecule has 0 spiro atoms. The fourth-order valence-corrected chi connectivity index (χ4v) is 2.12. The van der Waals surface area contributed by atoms with Crippen LogP contribution in [0.25, 0.3) is 0 Å². The van der Waals surface area contributed by atoms with Crippen molar-refractivity contribution in [1.82, 2.24) is 4.90 Å². The normalized spacial score (nSPS) is 22.2. The summed E-state index contributed by atoms with van der Waals surface area (Å²) in [4.78, 5) is 1.75. The van der Waals surface area contributed by atoms with Crippen LogP contribution in [0.15, 0.2) is 18.2 Å². The lowest BCUT2D eigenvalue weighted by Gasteiger charge is -2.22. The van der Waals surface area contributed by atoms with E-state index in [9.17, 15) is 8.78 Å². The molecular weight excluding hydrogens is 200 g/mol. The Labute approximate surface area is 87.1 Å². The van der Waals surface area contributed by atoms with E-state index in [0.717, 1.165) is 31.5 Å². The van der Waals surface area contributed by atoms with Crippen LogP contribution in [0, 0.1) is 11.6 Å². The van der Waals surface area contributed by atoms with Gasteiger partial charge in [0.2, 0.25) is 0 Å². The maximum Gasteiger partial charge on any atom is 0.128 e. The third-order valence-electron chi connectivity index (χ3n) is 2.86. The van der Waals surface area contributed by atoms with Gasteiger partial charge in [-0.1, -0.05) is 0 Å². The topological polar surface area (TPSA) is 23.5 Å². The van der Waals surface area contributed by atoms with Crippen molar-refractivity contribution in [3.8, 4) is 0 Å². The van der Waals surface area contributed by atoms with Crippen molar-refractivity contribution in [1.29, 1.82) is 0 Å². The Balaban J connectivity index is 2.31. The first kappa shape index (κ1) is 10.5. The number of benzene rings is 1. The Bertz CT molecular complexity index is 356. The lowest BCUT2D eigenvalue weighted by Crippen LogP contribution is -2.24. The second-order valence-electron chi connectivity index (χ2n) is 3.78. The Morgan fingerprint density at radius 2 is 2.20 bits per heavy atom. The van der Waals surface area contributed by atoms with Crippen LogP contribution in [-0.4, -0.2) is 23.3 Å². The molecule has 0 amide bonds. The summed E-state index contributed by atoms with van der Waals surface area (Å²) in [6.07, 6.45) is 1.67. The molecule has 0 radical (unpaired) electrons. The number of halogens is 2. The first-order valence-electron chi connectivity index (χ1n) is 5.02. The highest BCUT2D eigenvalue weighted by Crippen LogP contribution is 2.32. The fourth-order valence-electron chi connectivity index (χ4n) is 2.12. The average Bonchev–Trinajstić information content (AvgIpc) is 2.69. The molecule has 1 saturated heterocycles. The average molecular weight is 213 g/mol. The SMILES string of the molecule is OCN1CCCC1c1cc(F)ccc1F. The number of likely N-dealkylation sites (tertiary alicyclic amines) is 1. The molecule has 0 bridgehead atoms. The van der Waals surface area contributed by atoms with Crippen molar-refractivity contribution in [2.24, 2.45) is 0 Å². The maximum absolute atomic E-state index is 13.5. The van der Waals surface area contributed by atoms with Gasteiger partial charge in [0, 0.05) is 18.2 Å². The second-order valence-corrected chi connectivity index (χ2v) is 3.78. The van der Waals surface area contributed by atoms with Gasteiger partial charge in [-0.3, -0.25) is 4.90 Å². The van der Waals surface area contributed by atoms with Gasteiger partial charge in [-0.25, -0.2) is 8.78 Å².